The van der Waals surface area contributed by atoms with E-state index < -0.39 is 0 Å². The molecule has 0 saturated heterocycles. The maximum atomic E-state index is 8.81. The Morgan fingerprint density at radius 1 is 1.44 bits per heavy atom. The molecule has 6 heteroatoms. The van der Waals surface area contributed by atoms with Crippen LogP contribution in [-0.2, 0) is 0 Å². The van der Waals surface area contributed by atoms with E-state index in [2.05, 4.69) is 10.1 Å². The van der Waals surface area contributed by atoms with Gasteiger partial charge in [-0.3, -0.25) is 0 Å². The van der Waals surface area contributed by atoms with Crippen LogP contribution in [0, 0.1) is 13.8 Å². The van der Waals surface area contributed by atoms with Crippen molar-refractivity contribution in [2.45, 2.75) is 23.1 Å². The molecule has 0 bridgehead atoms. The van der Waals surface area contributed by atoms with E-state index in [0.29, 0.717) is 0 Å². The van der Waals surface area contributed by atoms with Gasteiger partial charge in [0.15, 0.2) is 10.2 Å². The standard InChI is InChI=1S/C12H13N3OS2/c1-7-3-4-10(9(5-7)11(13)15-16)18-12-14-8(2)6-17-12/h3-6,16H,1-2H3,(H2,13,15). The van der Waals surface area contributed by atoms with E-state index in [1.54, 1.807) is 11.3 Å². The molecule has 0 radical (unpaired) electrons. The van der Waals surface area contributed by atoms with E-state index in [1.807, 2.05) is 37.4 Å². The maximum Gasteiger partial charge on any atom is 0.171 e. The van der Waals surface area contributed by atoms with Crippen molar-refractivity contribution in [3.05, 3.63) is 40.4 Å². The fraction of sp³-hybridized carbons (Fsp3) is 0.167. The molecule has 0 fully saturated rings. The lowest BCUT2D eigenvalue weighted by molar-refractivity contribution is 0.318. The summed E-state index contributed by atoms with van der Waals surface area (Å²) in [6.45, 7) is 3.93. The normalized spacial score (nSPS) is 11.8. The van der Waals surface area contributed by atoms with Crippen LogP contribution in [0.1, 0.15) is 16.8 Å². The second-order valence-electron chi connectivity index (χ2n) is 3.84. The van der Waals surface area contributed by atoms with E-state index in [-0.39, 0.29) is 5.84 Å². The molecule has 1 aromatic carbocycles. The van der Waals surface area contributed by atoms with Crippen molar-refractivity contribution >= 4 is 28.9 Å². The Bertz CT molecular complexity index is 593. The number of aryl methyl sites for hydroxylation is 2. The second-order valence-corrected chi connectivity index (χ2v) is 5.99. The Kier molecular flexibility index (Phi) is 3.88. The van der Waals surface area contributed by atoms with Gasteiger partial charge in [0, 0.05) is 21.5 Å². The summed E-state index contributed by atoms with van der Waals surface area (Å²) in [7, 11) is 0. The largest absolute Gasteiger partial charge is 0.409 e. The molecule has 0 spiro atoms. The maximum absolute atomic E-state index is 8.81. The van der Waals surface area contributed by atoms with Crippen molar-refractivity contribution in [3.8, 4) is 0 Å². The number of hydrogen-bond acceptors (Lipinski definition) is 5. The van der Waals surface area contributed by atoms with Gasteiger partial charge in [-0.05, 0) is 26.0 Å². The minimum Gasteiger partial charge on any atom is -0.409 e. The molecule has 0 aliphatic rings. The topological polar surface area (TPSA) is 71.5 Å². The zero-order valence-electron chi connectivity index (χ0n) is 10.0. The van der Waals surface area contributed by atoms with Crippen LogP contribution in [-0.4, -0.2) is 16.0 Å². The summed E-state index contributed by atoms with van der Waals surface area (Å²) < 4.78 is 0.948. The Morgan fingerprint density at radius 3 is 2.83 bits per heavy atom. The summed E-state index contributed by atoms with van der Waals surface area (Å²) in [6.07, 6.45) is 0. The van der Waals surface area contributed by atoms with Gasteiger partial charge in [0.1, 0.15) is 0 Å². The monoisotopic (exact) mass is 279 g/mol. The minimum absolute atomic E-state index is 0.120. The van der Waals surface area contributed by atoms with E-state index in [9.17, 15) is 0 Å². The number of thiazole rings is 1. The molecule has 2 rings (SSSR count). The summed E-state index contributed by atoms with van der Waals surface area (Å²) in [6, 6.07) is 5.86. The second kappa shape index (κ2) is 5.41. The SMILES string of the molecule is Cc1ccc(Sc2nc(C)cs2)c(/C(N)=N/O)c1. The molecule has 4 nitrogen and oxygen atoms in total. The minimum atomic E-state index is 0.120. The van der Waals surface area contributed by atoms with Crippen molar-refractivity contribution in [1.29, 1.82) is 0 Å². The summed E-state index contributed by atoms with van der Waals surface area (Å²) in [5.74, 6) is 0.120. The number of hydrogen-bond donors (Lipinski definition) is 2. The molecule has 0 amide bonds. The Labute approximate surface area is 114 Å². The van der Waals surface area contributed by atoms with Gasteiger partial charge >= 0.3 is 0 Å². The van der Waals surface area contributed by atoms with Crippen LogP contribution in [0.5, 0.6) is 0 Å². The number of nitrogens with two attached hydrogens (primary N) is 1. The lowest BCUT2D eigenvalue weighted by Gasteiger charge is -2.07. The molecule has 0 aliphatic heterocycles. The first-order valence-electron chi connectivity index (χ1n) is 5.28. The average molecular weight is 279 g/mol. The van der Waals surface area contributed by atoms with E-state index in [4.69, 9.17) is 10.9 Å². The van der Waals surface area contributed by atoms with Gasteiger partial charge in [0.25, 0.3) is 0 Å². The Morgan fingerprint density at radius 2 is 2.22 bits per heavy atom. The average Bonchev–Trinajstić information content (AvgIpc) is 2.76. The number of aromatic nitrogens is 1. The van der Waals surface area contributed by atoms with Crippen molar-refractivity contribution < 1.29 is 5.21 Å². The van der Waals surface area contributed by atoms with E-state index in [1.165, 1.54) is 11.8 Å². The van der Waals surface area contributed by atoms with Crippen LogP contribution >= 0.6 is 23.1 Å². The van der Waals surface area contributed by atoms with Crippen LogP contribution in [0.4, 0.5) is 0 Å². The first kappa shape index (κ1) is 12.9. The van der Waals surface area contributed by atoms with Crippen molar-refractivity contribution in [2.75, 3.05) is 0 Å². The zero-order valence-corrected chi connectivity index (χ0v) is 11.7. The summed E-state index contributed by atoms with van der Waals surface area (Å²) in [4.78, 5) is 5.33. The lowest BCUT2D eigenvalue weighted by atomic mass is 10.1. The van der Waals surface area contributed by atoms with Crippen LogP contribution < -0.4 is 5.73 Å². The van der Waals surface area contributed by atoms with Gasteiger partial charge in [0.2, 0.25) is 0 Å². The van der Waals surface area contributed by atoms with Crippen LogP contribution in [0.15, 0.2) is 38.0 Å². The van der Waals surface area contributed by atoms with Gasteiger partial charge in [-0.15, -0.1) is 11.3 Å². The van der Waals surface area contributed by atoms with Gasteiger partial charge in [-0.25, -0.2) is 4.98 Å². The molecule has 2 aromatic rings. The fourth-order valence-corrected chi connectivity index (χ4v) is 3.37. The van der Waals surface area contributed by atoms with Gasteiger partial charge < -0.3 is 10.9 Å². The zero-order chi connectivity index (χ0) is 13.1. The highest BCUT2D eigenvalue weighted by Gasteiger charge is 2.10. The molecular formula is C12H13N3OS2. The third-order valence-corrected chi connectivity index (χ3v) is 4.45. The predicted octanol–water partition coefficient (Wildman–Crippen LogP) is 3.01. The quantitative estimate of drug-likeness (QED) is 0.392. The predicted molar refractivity (Wildman–Crippen MR) is 74.7 cm³/mol. The number of amidine groups is 1. The highest BCUT2D eigenvalue weighted by molar-refractivity contribution is 8.01. The summed E-state index contributed by atoms with van der Waals surface area (Å²) in [5.41, 5.74) is 8.49. The molecule has 18 heavy (non-hydrogen) atoms. The summed E-state index contributed by atoms with van der Waals surface area (Å²) >= 11 is 3.11. The van der Waals surface area contributed by atoms with Crippen molar-refractivity contribution in [2.24, 2.45) is 10.9 Å². The number of nitrogens with zero attached hydrogens (tertiary/aromatic N) is 2. The third-order valence-electron chi connectivity index (χ3n) is 2.31. The lowest BCUT2D eigenvalue weighted by Crippen LogP contribution is -2.14. The number of benzene rings is 1. The third kappa shape index (κ3) is 2.83. The van der Waals surface area contributed by atoms with E-state index >= 15 is 0 Å². The molecule has 1 aromatic heterocycles. The Balaban J connectivity index is 2.38. The molecule has 1 heterocycles. The smallest absolute Gasteiger partial charge is 0.171 e. The van der Waals surface area contributed by atoms with Crippen LogP contribution in [0.3, 0.4) is 0 Å². The van der Waals surface area contributed by atoms with Crippen LogP contribution in [0.2, 0.25) is 0 Å². The van der Waals surface area contributed by atoms with Gasteiger partial charge in [0.05, 0.1) is 0 Å². The van der Waals surface area contributed by atoms with E-state index in [0.717, 1.165) is 26.1 Å². The summed E-state index contributed by atoms with van der Waals surface area (Å²) in [5, 5.41) is 13.9. The first-order valence-corrected chi connectivity index (χ1v) is 6.98. The molecule has 3 N–H and O–H groups in total. The number of rotatable bonds is 3. The molecule has 0 saturated carbocycles. The van der Waals surface area contributed by atoms with Crippen molar-refractivity contribution in [1.82, 2.24) is 4.98 Å². The molecule has 94 valence electrons. The Hall–Kier alpha value is -1.53. The number of oxime groups is 1. The molecular weight excluding hydrogens is 266 g/mol. The highest BCUT2D eigenvalue weighted by atomic mass is 32.2. The van der Waals surface area contributed by atoms with Crippen molar-refractivity contribution in [3.63, 3.8) is 0 Å². The highest BCUT2D eigenvalue weighted by Crippen LogP contribution is 2.33. The molecule has 0 aliphatic carbocycles. The van der Waals surface area contributed by atoms with Gasteiger partial charge in [-0.1, -0.05) is 28.5 Å². The first-order chi connectivity index (χ1) is 8.60. The fourth-order valence-electron chi connectivity index (χ4n) is 1.46. The van der Waals surface area contributed by atoms with Crippen LogP contribution in [0.25, 0.3) is 0 Å². The molecule has 0 atom stereocenters. The van der Waals surface area contributed by atoms with Gasteiger partial charge in [-0.2, -0.15) is 0 Å². The molecule has 0 unspecified atom stereocenters.